The van der Waals surface area contributed by atoms with Gasteiger partial charge in [0.15, 0.2) is 0 Å². The summed E-state index contributed by atoms with van der Waals surface area (Å²) in [4.78, 5) is 39.8. The van der Waals surface area contributed by atoms with E-state index in [9.17, 15) is 19.5 Å². The summed E-state index contributed by atoms with van der Waals surface area (Å²) in [6, 6.07) is 19.1. The zero-order chi connectivity index (χ0) is 25.1. The van der Waals surface area contributed by atoms with Gasteiger partial charge in [-0.3, -0.25) is 14.5 Å². The van der Waals surface area contributed by atoms with E-state index >= 15 is 0 Å². The number of Topliss-reactive ketones (excluding diaryl/α,β-unsaturated/α-hetero) is 1. The number of ketones is 1. The van der Waals surface area contributed by atoms with Crippen LogP contribution in [0, 0.1) is 0 Å². The third-order valence-corrected chi connectivity index (χ3v) is 6.18. The van der Waals surface area contributed by atoms with Crippen LogP contribution in [0.25, 0.3) is 5.76 Å². The molecule has 8 heteroatoms. The van der Waals surface area contributed by atoms with Crippen molar-refractivity contribution < 1.29 is 29.0 Å². The molecule has 178 valence electrons. The third-order valence-electron chi connectivity index (χ3n) is 5.65. The SMILES string of the molecule is CCOC(=O)c1ccc(N2C(=O)C(=O)C(=C(O)c3ccc(OC)cc3)[C@@H]2c2ccc(Br)cc2)cc1. The van der Waals surface area contributed by atoms with Gasteiger partial charge in [-0.05, 0) is 73.2 Å². The van der Waals surface area contributed by atoms with E-state index in [0.29, 0.717) is 28.1 Å². The van der Waals surface area contributed by atoms with Gasteiger partial charge >= 0.3 is 5.97 Å². The number of carbonyl (C=O) groups is 3. The second-order valence-electron chi connectivity index (χ2n) is 7.72. The van der Waals surface area contributed by atoms with E-state index in [0.717, 1.165) is 4.47 Å². The first kappa shape index (κ1) is 24.2. The van der Waals surface area contributed by atoms with Gasteiger partial charge in [-0.25, -0.2) is 4.79 Å². The summed E-state index contributed by atoms with van der Waals surface area (Å²) in [5.74, 6) is -1.76. The van der Waals surface area contributed by atoms with Crippen LogP contribution in [-0.4, -0.2) is 36.5 Å². The van der Waals surface area contributed by atoms with Crippen LogP contribution in [0.4, 0.5) is 5.69 Å². The Morgan fingerprint density at radius 2 is 1.54 bits per heavy atom. The monoisotopic (exact) mass is 535 g/mol. The predicted octanol–water partition coefficient (Wildman–Crippen LogP) is 5.26. The summed E-state index contributed by atoms with van der Waals surface area (Å²) in [7, 11) is 1.53. The molecule has 7 nitrogen and oxygen atoms in total. The Balaban J connectivity index is 1.84. The average Bonchev–Trinajstić information content (AvgIpc) is 3.14. The van der Waals surface area contributed by atoms with E-state index in [-0.39, 0.29) is 17.9 Å². The highest BCUT2D eigenvalue weighted by Crippen LogP contribution is 2.42. The molecule has 0 spiro atoms. The molecule has 0 aromatic heterocycles. The number of carbonyl (C=O) groups excluding carboxylic acids is 3. The van der Waals surface area contributed by atoms with Crippen molar-refractivity contribution in [2.24, 2.45) is 0 Å². The van der Waals surface area contributed by atoms with Crippen molar-refractivity contribution in [3.63, 3.8) is 0 Å². The van der Waals surface area contributed by atoms with Gasteiger partial charge in [-0.2, -0.15) is 0 Å². The molecular formula is C27H22BrNO6. The molecule has 0 saturated carbocycles. The molecule has 0 bridgehead atoms. The minimum atomic E-state index is -0.876. The van der Waals surface area contributed by atoms with Crippen LogP contribution in [0.5, 0.6) is 5.75 Å². The molecular weight excluding hydrogens is 514 g/mol. The van der Waals surface area contributed by atoms with Gasteiger partial charge in [0, 0.05) is 15.7 Å². The van der Waals surface area contributed by atoms with Crippen LogP contribution in [0.3, 0.4) is 0 Å². The van der Waals surface area contributed by atoms with Crippen LogP contribution >= 0.6 is 15.9 Å². The number of ether oxygens (including phenoxy) is 2. The molecule has 35 heavy (non-hydrogen) atoms. The quantitative estimate of drug-likeness (QED) is 0.200. The maximum absolute atomic E-state index is 13.2. The van der Waals surface area contributed by atoms with E-state index in [4.69, 9.17) is 9.47 Å². The van der Waals surface area contributed by atoms with Crippen LogP contribution in [-0.2, 0) is 14.3 Å². The first-order chi connectivity index (χ1) is 16.8. The van der Waals surface area contributed by atoms with Crippen LogP contribution < -0.4 is 9.64 Å². The van der Waals surface area contributed by atoms with Gasteiger partial charge in [0.1, 0.15) is 11.5 Å². The van der Waals surface area contributed by atoms with Gasteiger partial charge in [0.2, 0.25) is 0 Å². The molecule has 1 atom stereocenters. The summed E-state index contributed by atoms with van der Waals surface area (Å²) >= 11 is 3.40. The lowest BCUT2D eigenvalue weighted by atomic mass is 9.95. The fraction of sp³-hybridized carbons (Fsp3) is 0.148. The van der Waals surface area contributed by atoms with Crippen LogP contribution in [0.2, 0.25) is 0 Å². The lowest BCUT2D eigenvalue weighted by Crippen LogP contribution is -2.29. The molecule has 1 heterocycles. The zero-order valence-corrected chi connectivity index (χ0v) is 20.6. The number of benzene rings is 3. The second-order valence-corrected chi connectivity index (χ2v) is 8.63. The highest BCUT2D eigenvalue weighted by molar-refractivity contribution is 9.10. The van der Waals surface area contributed by atoms with Gasteiger partial charge in [0.25, 0.3) is 11.7 Å². The lowest BCUT2D eigenvalue weighted by molar-refractivity contribution is -0.132. The van der Waals surface area contributed by atoms with Crippen molar-refractivity contribution in [2.45, 2.75) is 13.0 Å². The molecule has 0 aliphatic carbocycles. The maximum Gasteiger partial charge on any atom is 0.338 e. The Kier molecular flexibility index (Phi) is 7.02. The molecule has 0 unspecified atom stereocenters. The van der Waals surface area contributed by atoms with Crippen molar-refractivity contribution >= 4 is 45.0 Å². The van der Waals surface area contributed by atoms with Crippen molar-refractivity contribution in [1.29, 1.82) is 0 Å². The highest BCUT2D eigenvalue weighted by Gasteiger charge is 2.47. The minimum absolute atomic E-state index is 0.0306. The summed E-state index contributed by atoms with van der Waals surface area (Å²) in [5, 5.41) is 11.2. The Hall–Kier alpha value is -3.91. The molecule has 3 aromatic rings. The largest absolute Gasteiger partial charge is 0.507 e. The van der Waals surface area contributed by atoms with Crippen molar-refractivity contribution in [1.82, 2.24) is 0 Å². The normalized spacial score (nSPS) is 16.9. The number of hydrogen-bond acceptors (Lipinski definition) is 6. The van der Waals surface area contributed by atoms with Gasteiger partial charge in [-0.1, -0.05) is 28.1 Å². The van der Waals surface area contributed by atoms with Crippen molar-refractivity contribution in [2.75, 3.05) is 18.6 Å². The first-order valence-corrected chi connectivity index (χ1v) is 11.6. The molecule has 1 amide bonds. The highest BCUT2D eigenvalue weighted by atomic mass is 79.9. The number of nitrogens with zero attached hydrogens (tertiary/aromatic N) is 1. The number of halogens is 1. The smallest absolute Gasteiger partial charge is 0.338 e. The molecule has 4 rings (SSSR count). The van der Waals surface area contributed by atoms with Crippen molar-refractivity contribution in [3.8, 4) is 5.75 Å². The summed E-state index contributed by atoms with van der Waals surface area (Å²) < 4.78 is 11.0. The molecule has 1 aliphatic rings. The van der Waals surface area contributed by atoms with E-state index in [1.165, 1.54) is 24.1 Å². The average molecular weight is 536 g/mol. The first-order valence-electron chi connectivity index (χ1n) is 10.8. The maximum atomic E-state index is 13.2. The summed E-state index contributed by atoms with van der Waals surface area (Å²) in [5.41, 5.74) is 1.71. The number of rotatable bonds is 6. The Bertz CT molecular complexity index is 1300. The van der Waals surface area contributed by atoms with Crippen LogP contribution in [0.1, 0.15) is 34.5 Å². The molecule has 3 aromatic carbocycles. The summed E-state index contributed by atoms with van der Waals surface area (Å²) in [6.45, 7) is 1.96. The number of esters is 1. The van der Waals surface area contributed by atoms with E-state index in [1.807, 2.05) is 0 Å². The fourth-order valence-electron chi connectivity index (χ4n) is 3.94. The number of hydrogen-bond donors (Lipinski definition) is 1. The van der Waals surface area contributed by atoms with E-state index < -0.39 is 23.7 Å². The molecule has 1 fully saturated rings. The van der Waals surface area contributed by atoms with E-state index in [1.54, 1.807) is 67.6 Å². The molecule has 0 radical (unpaired) electrons. The molecule has 1 saturated heterocycles. The van der Waals surface area contributed by atoms with Gasteiger partial charge < -0.3 is 14.6 Å². The number of amides is 1. The zero-order valence-electron chi connectivity index (χ0n) is 19.0. The lowest BCUT2D eigenvalue weighted by Gasteiger charge is -2.25. The summed E-state index contributed by atoms with van der Waals surface area (Å²) in [6.07, 6.45) is 0. The topological polar surface area (TPSA) is 93.1 Å². The minimum Gasteiger partial charge on any atom is -0.507 e. The Labute approximate surface area is 210 Å². The van der Waals surface area contributed by atoms with Crippen LogP contribution in [0.15, 0.2) is 82.8 Å². The number of anilines is 1. The number of methoxy groups -OCH3 is 1. The van der Waals surface area contributed by atoms with Gasteiger partial charge in [-0.15, -0.1) is 0 Å². The fourth-order valence-corrected chi connectivity index (χ4v) is 4.20. The van der Waals surface area contributed by atoms with Gasteiger partial charge in [0.05, 0.1) is 30.9 Å². The number of aliphatic hydroxyl groups excluding tert-OH is 1. The number of aliphatic hydroxyl groups is 1. The Morgan fingerprint density at radius 3 is 2.11 bits per heavy atom. The predicted molar refractivity (Wildman–Crippen MR) is 134 cm³/mol. The third kappa shape index (κ3) is 4.70. The second kappa shape index (κ2) is 10.1. The Morgan fingerprint density at radius 1 is 0.943 bits per heavy atom. The van der Waals surface area contributed by atoms with E-state index in [2.05, 4.69) is 15.9 Å². The standard InChI is InChI=1S/C27H22BrNO6/c1-3-35-27(33)18-6-12-20(13-7-18)29-23(16-4-10-19(28)11-5-16)22(25(31)26(29)32)24(30)17-8-14-21(34-2)15-9-17/h4-15,23,30H,3H2,1-2H3/t23-/m0/s1. The molecule has 1 N–H and O–H groups in total. The van der Waals surface area contributed by atoms with Crippen molar-refractivity contribution in [3.05, 3.63) is 99.5 Å². The molecule has 1 aliphatic heterocycles.